The first-order valence-corrected chi connectivity index (χ1v) is 6.31. The summed E-state index contributed by atoms with van der Waals surface area (Å²) in [6, 6.07) is 4.35. The first kappa shape index (κ1) is 14.0. The molecule has 0 fully saturated rings. The smallest absolute Gasteiger partial charge is 0.125 e. The van der Waals surface area contributed by atoms with E-state index in [0.717, 1.165) is 12.2 Å². The Hall–Kier alpha value is -1.02. The minimum atomic E-state index is -0.306. The van der Waals surface area contributed by atoms with Crippen LogP contribution in [0.1, 0.15) is 57.2 Å². The number of aryl methyl sites for hydroxylation is 1. The second-order valence-corrected chi connectivity index (χ2v) is 5.49. The molecular formula is C15H25NO. The molecule has 1 aromatic carbocycles. The Labute approximate surface area is 105 Å². The Morgan fingerprint density at radius 2 is 1.88 bits per heavy atom. The summed E-state index contributed by atoms with van der Waals surface area (Å²) in [6.07, 6.45) is 0.965. The zero-order chi connectivity index (χ0) is 13.2. The zero-order valence-corrected chi connectivity index (χ0v) is 11.9. The van der Waals surface area contributed by atoms with Crippen molar-refractivity contribution >= 4 is 0 Å². The number of hydrogen-bond donors (Lipinski definition) is 1. The number of ether oxygens (including phenoxy) is 1. The lowest BCUT2D eigenvalue weighted by atomic mass is 9.88. The number of rotatable bonds is 4. The van der Waals surface area contributed by atoms with Gasteiger partial charge in [0.1, 0.15) is 5.75 Å². The van der Waals surface area contributed by atoms with Gasteiger partial charge in [-0.15, -0.1) is 0 Å². The van der Waals surface area contributed by atoms with Gasteiger partial charge in [0.15, 0.2) is 0 Å². The Morgan fingerprint density at radius 1 is 1.29 bits per heavy atom. The van der Waals surface area contributed by atoms with Crippen LogP contribution in [0.5, 0.6) is 5.75 Å². The highest BCUT2D eigenvalue weighted by Gasteiger charge is 2.20. The van der Waals surface area contributed by atoms with Crippen molar-refractivity contribution in [2.75, 3.05) is 7.11 Å². The lowest BCUT2D eigenvalue weighted by Crippen LogP contribution is -2.29. The average molecular weight is 235 g/mol. The molecule has 0 unspecified atom stereocenters. The van der Waals surface area contributed by atoms with Crippen LogP contribution >= 0.6 is 0 Å². The highest BCUT2D eigenvalue weighted by Crippen LogP contribution is 2.34. The molecular weight excluding hydrogens is 210 g/mol. The minimum Gasteiger partial charge on any atom is -0.496 e. The Balaban J connectivity index is 3.46. The van der Waals surface area contributed by atoms with Gasteiger partial charge in [0.2, 0.25) is 0 Å². The van der Waals surface area contributed by atoms with Crippen molar-refractivity contribution in [3.63, 3.8) is 0 Å². The quantitative estimate of drug-likeness (QED) is 0.865. The van der Waals surface area contributed by atoms with Crippen LogP contribution in [-0.4, -0.2) is 7.11 Å². The van der Waals surface area contributed by atoms with E-state index in [9.17, 15) is 0 Å². The van der Waals surface area contributed by atoms with Gasteiger partial charge in [0, 0.05) is 5.54 Å². The van der Waals surface area contributed by atoms with Crippen LogP contribution in [0, 0.1) is 0 Å². The lowest BCUT2D eigenvalue weighted by molar-refractivity contribution is 0.401. The van der Waals surface area contributed by atoms with Crippen LogP contribution in [0.4, 0.5) is 0 Å². The summed E-state index contributed by atoms with van der Waals surface area (Å²) in [6.45, 7) is 10.6. The monoisotopic (exact) mass is 235 g/mol. The van der Waals surface area contributed by atoms with Crippen molar-refractivity contribution in [1.82, 2.24) is 0 Å². The van der Waals surface area contributed by atoms with Crippen molar-refractivity contribution in [1.29, 1.82) is 0 Å². The number of methoxy groups -OCH3 is 1. The van der Waals surface area contributed by atoms with E-state index < -0.39 is 0 Å². The molecule has 0 aliphatic heterocycles. The maximum Gasteiger partial charge on any atom is 0.125 e. The topological polar surface area (TPSA) is 35.2 Å². The van der Waals surface area contributed by atoms with Gasteiger partial charge in [0.25, 0.3) is 0 Å². The van der Waals surface area contributed by atoms with Gasteiger partial charge < -0.3 is 10.5 Å². The molecule has 0 aliphatic carbocycles. The van der Waals surface area contributed by atoms with Crippen molar-refractivity contribution in [3.8, 4) is 5.75 Å². The van der Waals surface area contributed by atoms with Gasteiger partial charge in [-0.25, -0.2) is 0 Å². The summed E-state index contributed by atoms with van der Waals surface area (Å²) < 4.78 is 5.56. The summed E-state index contributed by atoms with van der Waals surface area (Å²) in [4.78, 5) is 0. The predicted molar refractivity (Wildman–Crippen MR) is 73.7 cm³/mol. The third-order valence-corrected chi connectivity index (χ3v) is 3.15. The molecule has 0 bridgehead atoms. The lowest BCUT2D eigenvalue weighted by Gasteiger charge is -2.24. The van der Waals surface area contributed by atoms with Gasteiger partial charge >= 0.3 is 0 Å². The van der Waals surface area contributed by atoms with E-state index in [4.69, 9.17) is 10.5 Å². The molecule has 0 saturated carbocycles. The molecule has 0 aliphatic rings. The third kappa shape index (κ3) is 3.01. The molecule has 0 saturated heterocycles. The fourth-order valence-corrected chi connectivity index (χ4v) is 2.03. The van der Waals surface area contributed by atoms with Gasteiger partial charge in [-0.3, -0.25) is 0 Å². The van der Waals surface area contributed by atoms with Gasteiger partial charge in [0.05, 0.1) is 7.11 Å². The van der Waals surface area contributed by atoms with E-state index in [1.54, 1.807) is 7.11 Å². The van der Waals surface area contributed by atoms with Crippen LogP contribution in [0.3, 0.4) is 0 Å². The molecule has 2 nitrogen and oxygen atoms in total. The van der Waals surface area contributed by atoms with E-state index in [1.807, 2.05) is 13.8 Å². The number of nitrogens with two attached hydrogens (primary N) is 1. The molecule has 2 heteroatoms. The Kier molecular flexibility index (Phi) is 4.21. The van der Waals surface area contributed by atoms with Crippen LogP contribution in [0.2, 0.25) is 0 Å². The Bertz CT molecular complexity index is 389. The number of hydrogen-bond acceptors (Lipinski definition) is 2. The predicted octanol–water partition coefficient (Wildman–Crippen LogP) is 3.57. The largest absolute Gasteiger partial charge is 0.496 e. The van der Waals surface area contributed by atoms with E-state index in [-0.39, 0.29) is 5.54 Å². The molecule has 1 rings (SSSR count). The molecule has 2 N–H and O–H groups in total. The minimum absolute atomic E-state index is 0.306. The summed E-state index contributed by atoms with van der Waals surface area (Å²) in [5.41, 5.74) is 9.57. The normalized spacial score (nSPS) is 12.0. The Morgan fingerprint density at radius 3 is 2.24 bits per heavy atom. The van der Waals surface area contributed by atoms with E-state index in [2.05, 4.69) is 32.9 Å². The fourth-order valence-electron chi connectivity index (χ4n) is 2.03. The molecule has 0 aromatic heterocycles. The molecule has 0 atom stereocenters. The standard InChI is InChI=1S/C15H25NO/c1-7-11-8-12(15(4,5)16)9-13(10(2)3)14(11)17-6/h8-10H,7,16H2,1-6H3. The van der Waals surface area contributed by atoms with Crippen LogP contribution in [0.25, 0.3) is 0 Å². The SMILES string of the molecule is CCc1cc(C(C)(C)N)cc(C(C)C)c1OC. The molecule has 0 heterocycles. The van der Waals surface area contributed by atoms with Crippen molar-refractivity contribution in [2.45, 2.75) is 52.5 Å². The van der Waals surface area contributed by atoms with Crippen LogP contribution in [0.15, 0.2) is 12.1 Å². The first-order chi connectivity index (χ1) is 7.81. The number of benzene rings is 1. The fraction of sp³-hybridized carbons (Fsp3) is 0.600. The molecule has 0 radical (unpaired) electrons. The summed E-state index contributed by atoms with van der Waals surface area (Å²) >= 11 is 0. The molecule has 96 valence electrons. The second kappa shape index (κ2) is 5.09. The van der Waals surface area contributed by atoms with E-state index >= 15 is 0 Å². The van der Waals surface area contributed by atoms with Crippen molar-refractivity contribution in [2.24, 2.45) is 5.73 Å². The summed E-state index contributed by atoms with van der Waals surface area (Å²) in [7, 11) is 1.74. The highest BCUT2D eigenvalue weighted by atomic mass is 16.5. The maximum atomic E-state index is 6.20. The van der Waals surface area contributed by atoms with Crippen molar-refractivity contribution in [3.05, 3.63) is 28.8 Å². The summed E-state index contributed by atoms with van der Waals surface area (Å²) in [5, 5.41) is 0. The molecule has 0 amide bonds. The van der Waals surface area contributed by atoms with Gasteiger partial charge in [-0.05, 0) is 42.9 Å². The third-order valence-electron chi connectivity index (χ3n) is 3.15. The van der Waals surface area contributed by atoms with Gasteiger partial charge in [-0.1, -0.05) is 32.9 Å². The second-order valence-electron chi connectivity index (χ2n) is 5.49. The van der Waals surface area contributed by atoms with Crippen LogP contribution in [-0.2, 0) is 12.0 Å². The zero-order valence-electron chi connectivity index (χ0n) is 11.9. The first-order valence-electron chi connectivity index (χ1n) is 6.31. The van der Waals surface area contributed by atoms with Crippen LogP contribution < -0.4 is 10.5 Å². The average Bonchev–Trinajstić information content (AvgIpc) is 2.25. The maximum absolute atomic E-state index is 6.20. The van der Waals surface area contributed by atoms with E-state index in [0.29, 0.717) is 5.92 Å². The van der Waals surface area contributed by atoms with E-state index in [1.165, 1.54) is 16.7 Å². The van der Waals surface area contributed by atoms with Crippen molar-refractivity contribution < 1.29 is 4.74 Å². The molecule has 17 heavy (non-hydrogen) atoms. The van der Waals surface area contributed by atoms with Gasteiger partial charge in [-0.2, -0.15) is 0 Å². The highest BCUT2D eigenvalue weighted by molar-refractivity contribution is 5.48. The summed E-state index contributed by atoms with van der Waals surface area (Å²) in [5.74, 6) is 1.47. The molecule has 0 spiro atoms. The molecule has 1 aromatic rings.